The smallest absolute Gasteiger partial charge is 0.242 e. The number of anilines is 1. The summed E-state index contributed by atoms with van der Waals surface area (Å²) in [6.07, 6.45) is 8.54. The van der Waals surface area contributed by atoms with E-state index < -0.39 is 27.4 Å². The SMILES string of the molecule is C#CCOCCOCCOCCOCCS(=O)(=O)CCCn1c(CN2C(=O)C3(CCN(C(=O)C(N)C(C)O)CC3)c3ccncc32)nc2cc(Cl)ccc21. The summed E-state index contributed by atoms with van der Waals surface area (Å²) in [5.41, 5.74) is 7.98. The van der Waals surface area contributed by atoms with Crippen LogP contribution in [0.5, 0.6) is 0 Å². The number of aliphatic hydroxyl groups excluding tert-OH is 1. The largest absolute Gasteiger partial charge is 0.391 e. The fraction of sp³-hybridized carbons (Fsp3) is 0.568. The van der Waals surface area contributed by atoms with Gasteiger partial charge >= 0.3 is 0 Å². The van der Waals surface area contributed by atoms with Crippen molar-refractivity contribution >= 4 is 50.0 Å². The standard InChI is InChI=1S/C37H49ClN6O9S/c1-3-14-50-15-16-51-17-18-52-19-20-53-21-23-54(48,49)22-4-11-43-31-6-5-28(38)24-30(31)41-33(43)26-44-32-25-40-10-7-29(32)37(36(44)47)8-12-42(13-9-37)35(46)34(39)27(2)45/h1,5-7,10,24-25,27,34,45H,4,8-9,11-23,26,39H2,2H3. The average molecular weight is 789 g/mol. The minimum Gasteiger partial charge on any atom is -0.391 e. The van der Waals surface area contributed by atoms with Gasteiger partial charge in [0.1, 0.15) is 18.5 Å². The topological polar surface area (TPSA) is 189 Å². The summed E-state index contributed by atoms with van der Waals surface area (Å²) in [4.78, 5) is 39.8. The number of ether oxygens (including phenoxy) is 4. The Morgan fingerprint density at radius 2 is 1.72 bits per heavy atom. The highest BCUT2D eigenvalue weighted by molar-refractivity contribution is 7.91. The predicted octanol–water partition coefficient (Wildman–Crippen LogP) is 1.70. The van der Waals surface area contributed by atoms with Crippen molar-refractivity contribution < 1.29 is 42.1 Å². The average Bonchev–Trinajstić information content (AvgIpc) is 3.60. The molecule has 4 heterocycles. The molecule has 1 spiro atoms. The van der Waals surface area contributed by atoms with Crippen molar-refractivity contribution in [2.45, 2.75) is 56.8 Å². The number of amides is 2. The van der Waals surface area contributed by atoms with Crippen molar-refractivity contribution in [2.75, 3.05) is 82.4 Å². The molecule has 54 heavy (non-hydrogen) atoms. The molecule has 294 valence electrons. The molecular weight excluding hydrogens is 740 g/mol. The molecule has 15 nitrogen and oxygen atoms in total. The number of likely N-dealkylation sites (tertiary alicyclic amines) is 1. The molecule has 2 aliphatic rings. The summed E-state index contributed by atoms with van der Waals surface area (Å²) < 4.78 is 49.2. The maximum absolute atomic E-state index is 14.4. The van der Waals surface area contributed by atoms with E-state index in [-0.39, 0.29) is 49.7 Å². The van der Waals surface area contributed by atoms with Crippen LogP contribution in [0.3, 0.4) is 0 Å². The Hall–Kier alpha value is -3.66. The minimum absolute atomic E-state index is 0.0536. The number of pyridine rings is 1. The zero-order valence-corrected chi connectivity index (χ0v) is 32.1. The van der Waals surface area contributed by atoms with E-state index in [0.717, 1.165) is 11.1 Å². The van der Waals surface area contributed by atoms with Crippen LogP contribution < -0.4 is 10.6 Å². The first-order valence-electron chi connectivity index (χ1n) is 18.1. The quantitative estimate of drug-likeness (QED) is 0.118. The van der Waals surface area contributed by atoms with Gasteiger partial charge in [0.2, 0.25) is 11.8 Å². The summed E-state index contributed by atoms with van der Waals surface area (Å²) in [7, 11) is -3.42. The molecule has 3 aromatic rings. The van der Waals surface area contributed by atoms with Gasteiger partial charge in [-0.25, -0.2) is 13.4 Å². The molecule has 17 heteroatoms. The number of hydrogen-bond acceptors (Lipinski definition) is 12. The molecule has 2 aromatic heterocycles. The van der Waals surface area contributed by atoms with Crippen LogP contribution in [0, 0.1) is 12.3 Å². The zero-order valence-electron chi connectivity index (χ0n) is 30.5. The van der Waals surface area contributed by atoms with Crippen molar-refractivity contribution in [3.63, 3.8) is 0 Å². The third kappa shape index (κ3) is 10.1. The normalized spacial score (nSPS) is 16.5. The van der Waals surface area contributed by atoms with Crippen LogP contribution in [0.1, 0.15) is 37.6 Å². The number of carbonyl (C=O) groups excluding carboxylic acids is 2. The van der Waals surface area contributed by atoms with Crippen LogP contribution in [0.25, 0.3) is 11.0 Å². The Bertz CT molecular complexity index is 1890. The van der Waals surface area contributed by atoms with Gasteiger partial charge in [0, 0.05) is 30.9 Å². The number of fused-ring (bicyclic) bond motifs is 3. The number of piperidine rings is 1. The molecule has 5 rings (SSSR count). The number of carbonyl (C=O) groups is 2. The molecule has 1 saturated heterocycles. The monoisotopic (exact) mass is 788 g/mol. The van der Waals surface area contributed by atoms with Gasteiger partial charge in [-0.1, -0.05) is 17.5 Å². The van der Waals surface area contributed by atoms with Crippen molar-refractivity contribution in [1.82, 2.24) is 19.4 Å². The first kappa shape index (κ1) is 41.5. The van der Waals surface area contributed by atoms with Crippen LogP contribution in [-0.2, 0) is 56.9 Å². The lowest BCUT2D eigenvalue weighted by atomic mass is 9.74. The lowest BCUT2D eigenvalue weighted by Gasteiger charge is -2.39. The van der Waals surface area contributed by atoms with Crippen molar-refractivity contribution in [3.05, 3.63) is 53.1 Å². The Balaban J connectivity index is 1.17. The second kappa shape index (κ2) is 19.3. The van der Waals surface area contributed by atoms with E-state index in [2.05, 4.69) is 10.9 Å². The summed E-state index contributed by atoms with van der Waals surface area (Å²) >= 11 is 6.32. The van der Waals surface area contributed by atoms with E-state index in [1.165, 1.54) is 6.92 Å². The highest BCUT2D eigenvalue weighted by Gasteiger charge is 2.53. The molecule has 0 bridgehead atoms. The molecule has 2 unspecified atom stereocenters. The highest BCUT2D eigenvalue weighted by Crippen LogP contribution is 2.48. The van der Waals surface area contributed by atoms with Crippen LogP contribution in [0.4, 0.5) is 5.69 Å². The summed E-state index contributed by atoms with van der Waals surface area (Å²) in [6, 6.07) is 6.16. The number of aliphatic hydroxyl groups is 1. The van der Waals surface area contributed by atoms with Gasteiger partial charge in [-0.3, -0.25) is 14.6 Å². The van der Waals surface area contributed by atoms with Crippen molar-refractivity contribution in [3.8, 4) is 12.3 Å². The van der Waals surface area contributed by atoms with Crippen LogP contribution in [0.2, 0.25) is 5.02 Å². The summed E-state index contributed by atoms with van der Waals surface area (Å²) in [5.74, 6) is 2.31. The van der Waals surface area contributed by atoms with Crippen LogP contribution in [0.15, 0.2) is 36.7 Å². The molecule has 1 fully saturated rings. The number of benzene rings is 1. The van der Waals surface area contributed by atoms with Gasteiger partial charge in [-0.2, -0.15) is 0 Å². The molecule has 2 amide bonds. The van der Waals surface area contributed by atoms with Gasteiger partial charge in [-0.05, 0) is 56.0 Å². The first-order chi connectivity index (χ1) is 26.0. The second-order valence-corrected chi connectivity index (χ2v) is 16.1. The van der Waals surface area contributed by atoms with E-state index in [4.69, 9.17) is 47.7 Å². The summed E-state index contributed by atoms with van der Waals surface area (Å²) in [5, 5.41) is 10.4. The number of nitrogens with zero attached hydrogens (tertiary/aromatic N) is 5. The predicted molar refractivity (Wildman–Crippen MR) is 203 cm³/mol. The number of halogens is 1. The second-order valence-electron chi connectivity index (χ2n) is 13.4. The highest BCUT2D eigenvalue weighted by atomic mass is 35.5. The number of rotatable bonds is 21. The maximum Gasteiger partial charge on any atom is 0.242 e. The van der Waals surface area contributed by atoms with E-state index in [0.29, 0.717) is 94.0 Å². The number of nitrogens with two attached hydrogens (primary N) is 1. The Morgan fingerprint density at radius 3 is 2.39 bits per heavy atom. The van der Waals surface area contributed by atoms with E-state index in [1.54, 1.807) is 34.3 Å². The maximum atomic E-state index is 14.4. The first-order valence-corrected chi connectivity index (χ1v) is 20.3. The Kier molecular flexibility index (Phi) is 14.8. The van der Waals surface area contributed by atoms with Gasteiger partial charge in [0.25, 0.3) is 0 Å². The van der Waals surface area contributed by atoms with Gasteiger partial charge in [0.15, 0.2) is 9.84 Å². The number of aromatic nitrogens is 3. The molecule has 3 N–H and O–H groups in total. The lowest BCUT2D eigenvalue weighted by Crippen LogP contribution is -2.55. The van der Waals surface area contributed by atoms with Crippen molar-refractivity contribution in [2.24, 2.45) is 5.73 Å². The molecule has 0 radical (unpaired) electrons. The summed E-state index contributed by atoms with van der Waals surface area (Å²) in [6.45, 7) is 5.06. The third-order valence-electron chi connectivity index (χ3n) is 9.76. The number of hydrogen-bond donors (Lipinski definition) is 2. The zero-order chi connectivity index (χ0) is 38.7. The minimum atomic E-state index is -3.42. The van der Waals surface area contributed by atoms with E-state index >= 15 is 0 Å². The van der Waals surface area contributed by atoms with E-state index in [1.807, 2.05) is 16.7 Å². The molecule has 0 aliphatic carbocycles. The van der Waals surface area contributed by atoms with Gasteiger partial charge < -0.3 is 44.2 Å². The van der Waals surface area contributed by atoms with Crippen molar-refractivity contribution in [1.29, 1.82) is 0 Å². The molecule has 0 saturated carbocycles. The van der Waals surface area contributed by atoms with Crippen LogP contribution in [-0.4, -0.2) is 134 Å². The third-order valence-corrected chi connectivity index (χ3v) is 11.7. The Labute approximate surface area is 320 Å². The fourth-order valence-corrected chi connectivity index (χ4v) is 8.15. The van der Waals surface area contributed by atoms with E-state index in [9.17, 15) is 23.1 Å². The van der Waals surface area contributed by atoms with Crippen LogP contribution >= 0.6 is 11.6 Å². The lowest BCUT2D eigenvalue weighted by molar-refractivity contribution is -0.138. The molecule has 1 aromatic carbocycles. The number of imidazole rings is 1. The number of aryl methyl sites for hydroxylation is 1. The fourth-order valence-electron chi connectivity index (χ4n) is 6.84. The molecule has 2 aliphatic heterocycles. The number of terminal acetylenes is 1. The number of sulfone groups is 1. The molecule has 2 atom stereocenters. The van der Waals surface area contributed by atoms with Gasteiger partial charge in [0.05, 0.1) is 98.7 Å². The van der Waals surface area contributed by atoms with Gasteiger partial charge in [-0.15, -0.1) is 6.42 Å². The Morgan fingerprint density at radius 1 is 1.06 bits per heavy atom. The molecular formula is C37H49ClN6O9S.